The van der Waals surface area contributed by atoms with Crippen LogP contribution in [0.3, 0.4) is 0 Å². The Labute approximate surface area is 165 Å². The first-order valence-electron chi connectivity index (χ1n) is 8.42. The fraction of sp³-hybridized carbons (Fsp3) is 0.263. The Morgan fingerprint density at radius 1 is 1.11 bits per heavy atom. The molecule has 150 valence electrons. The van der Waals surface area contributed by atoms with Crippen LogP contribution < -0.4 is 15.5 Å². The fourth-order valence-corrected chi connectivity index (χ4v) is 2.59. The number of hydrogen-bond donors (Lipinski definition) is 3. The van der Waals surface area contributed by atoms with Crippen molar-refractivity contribution in [2.75, 3.05) is 24.2 Å². The number of halogens is 4. The zero-order valence-electron chi connectivity index (χ0n) is 15.2. The average Bonchev–Trinajstić information content (AvgIpc) is 2.62. The van der Waals surface area contributed by atoms with Crippen molar-refractivity contribution in [2.45, 2.75) is 19.1 Å². The van der Waals surface area contributed by atoms with Gasteiger partial charge in [0.05, 0.1) is 23.3 Å². The number of rotatable bonds is 6. The number of anilines is 2. The third-order valence-corrected chi connectivity index (χ3v) is 4.51. The molecule has 0 aliphatic rings. The van der Waals surface area contributed by atoms with Gasteiger partial charge in [0.15, 0.2) is 12.6 Å². The van der Waals surface area contributed by atoms with Gasteiger partial charge in [-0.15, -0.1) is 0 Å². The fourth-order valence-electron chi connectivity index (χ4n) is 2.41. The molecule has 0 saturated heterocycles. The lowest BCUT2D eigenvalue weighted by Gasteiger charge is -2.21. The predicted molar refractivity (Wildman–Crippen MR) is 101 cm³/mol. The summed E-state index contributed by atoms with van der Waals surface area (Å²) < 4.78 is 38.3. The van der Waals surface area contributed by atoms with E-state index in [4.69, 9.17) is 11.6 Å². The Hall–Kier alpha value is -2.58. The van der Waals surface area contributed by atoms with Crippen LogP contribution in [-0.2, 0) is 15.8 Å². The second kappa shape index (κ2) is 9.07. The van der Waals surface area contributed by atoms with Crippen LogP contribution in [-0.4, -0.2) is 31.4 Å². The molecule has 0 aliphatic heterocycles. The highest BCUT2D eigenvalue weighted by molar-refractivity contribution is 6.33. The van der Waals surface area contributed by atoms with Crippen molar-refractivity contribution in [1.29, 1.82) is 0 Å². The van der Waals surface area contributed by atoms with Crippen molar-refractivity contribution in [1.82, 2.24) is 0 Å². The third-order valence-electron chi connectivity index (χ3n) is 4.18. The second-order valence-electron chi connectivity index (χ2n) is 6.34. The van der Waals surface area contributed by atoms with Crippen molar-refractivity contribution < 1.29 is 27.7 Å². The summed E-state index contributed by atoms with van der Waals surface area (Å²) in [6.07, 6.45) is -4.49. The Bertz CT molecular complexity index is 858. The van der Waals surface area contributed by atoms with Gasteiger partial charge < -0.3 is 15.5 Å². The molecule has 3 N–H and O–H groups in total. The number of para-hydroxylation sites is 1. The van der Waals surface area contributed by atoms with E-state index in [9.17, 15) is 22.8 Å². The highest BCUT2D eigenvalue weighted by Crippen LogP contribution is 2.30. The van der Waals surface area contributed by atoms with Crippen LogP contribution in [0.1, 0.15) is 12.5 Å². The van der Waals surface area contributed by atoms with E-state index in [0.717, 1.165) is 12.1 Å². The third kappa shape index (κ3) is 5.97. The Balaban J connectivity index is 1.95. The van der Waals surface area contributed by atoms with E-state index in [0.29, 0.717) is 15.6 Å². The SMILES string of the molecule is C[C@@H](C(=O)Nc1cccc(C(F)(F)F)c1)[NH+](C)CC(=O)Nc1ccccc1Cl. The van der Waals surface area contributed by atoms with Gasteiger partial charge >= 0.3 is 6.18 Å². The van der Waals surface area contributed by atoms with E-state index < -0.39 is 23.7 Å². The maximum absolute atomic E-state index is 12.8. The van der Waals surface area contributed by atoms with Crippen LogP contribution in [0.2, 0.25) is 5.02 Å². The van der Waals surface area contributed by atoms with Gasteiger partial charge in [-0.3, -0.25) is 9.59 Å². The minimum atomic E-state index is -4.49. The van der Waals surface area contributed by atoms with Gasteiger partial charge in [-0.05, 0) is 37.3 Å². The Kier molecular flexibility index (Phi) is 7.04. The lowest BCUT2D eigenvalue weighted by atomic mass is 10.2. The number of likely N-dealkylation sites (N-methyl/N-ethyl adjacent to an activating group) is 1. The first-order chi connectivity index (χ1) is 13.1. The number of alkyl halides is 3. The molecule has 2 rings (SSSR count). The topological polar surface area (TPSA) is 62.6 Å². The summed E-state index contributed by atoms with van der Waals surface area (Å²) in [7, 11) is 1.64. The standard InChI is InChI=1S/C19H19ClF3N3O2/c1-12(18(28)24-14-7-5-6-13(10-14)19(21,22)23)26(2)11-17(27)25-16-9-4-3-8-15(16)20/h3-10,12H,11H2,1-2H3,(H,24,28)(H,25,27)/p+1/t12-/m0/s1. The van der Waals surface area contributed by atoms with Crippen molar-refractivity contribution in [3.05, 3.63) is 59.1 Å². The number of hydrogen-bond acceptors (Lipinski definition) is 2. The van der Waals surface area contributed by atoms with Crippen molar-refractivity contribution in [3.8, 4) is 0 Å². The highest BCUT2D eigenvalue weighted by atomic mass is 35.5. The van der Waals surface area contributed by atoms with Gasteiger partial charge in [-0.2, -0.15) is 13.2 Å². The minimum Gasteiger partial charge on any atom is -0.321 e. The molecular formula is C19H20ClF3N3O2+. The zero-order valence-corrected chi connectivity index (χ0v) is 16.0. The molecule has 28 heavy (non-hydrogen) atoms. The number of carbonyl (C=O) groups excluding carboxylic acids is 2. The first-order valence-corrected chi connectivity index (χ1v) is 8.80. The first kappa shape index (κ1) is 21.7. The molecule has 0 aliphatic carbocycles. The largest absolute Gasteiger partial charge is 0.416 e. The van der Waals surface area contributed by atoms with E-state index in [2.05, 4.69) is 10.6 Å². The number of nitrogens with one attached hydrogen (secondary N) is 3. The molecule has 0 fully saturated rings. The number of amides is 2. The molecule has 1 unspecified atom stereocenters. The summed E-state index contributed by atoms with van der Waals surface area (Å²) in [5.41, 5.74) is -0.346. The molecule has 0 spiro atoms. The average molecular weight is 415 g/mol. The molecule has 5 nitrogen and oxygen atoms in total. The van der Waals surface area contributed by atoms with Crippen molar-refractivity contribution >= 4 is 34.8 Å². The smallest absolute Gasteiger partial charge is 0.321 e. The van der Waals surface area contributed by atoms with Gasteiger partial charge in [0.25, 0.3) is 11.8 Å². The highest BCUT2D eigenvalue weighted by Gasteiger charge is 2.31. The normalized spacial score (nSPS) is 13.5. The Morgan fingerprint density at radius 3 is 2.43 bits per heavy atom. The summed E-state index contributed by atoms with van der Waals surface area (Å²) in [4.78, 5) is 25.1. The zero-order chi connectivity index (χ0) is 20.9. The summed E-state index contributed by atoms with van der Waals surface area (Å²) >= 11 is 5.99. The van der Waals surface area contributed by atoms with Crippen molar-refractivity contribution in [3.63, 3.8) is 0 Å². The quantitative estimate of drug-likeness (QED) is 0.680. The molecule has 2 atom stereocenters. The van der Waals surface area contributed by atoms with Gasteiger partial charge in [-0.25, -0.2) is 0 Å². The van der Waals surface area contributed by atoms with Crippen LogP contribution in [0.15, 0.2) is 48.5 Å². The second-order valence-corrected chi connectivity index (χ2v) is 6.75. The molecule has 2 amide bonds. The maximum atomic E-state index is 12.8. The van der Waals surface area contributed by atoms with Gasteiger partial charge in [0.2, 0.25) is 0 Å². The lowest BCUT2D eigenvalue weighted by molar-refractivity contribution is -0.885. The van der Waals surface area contributed by atoms with Gasteiger partial charge in [-0.1, -0.05) is 29.8 Å². The number of quaternary nitrogens is 1. The molecule has 2 aromatic rings. The molecule has 0 heterocycles. The monoisotopic (exact) mass is 414 g/mol. The molecule has 0 bridgehead atoms. The van der Waals surface area contributed by atoms with Crippen molar-refractivity contribution in [2.24, 2.45) is 0 Å². The number of benzene rings is 2. The maximum Gasteiger partial charge on any atom is 0.416 e. The summed E-state index contributed by atoms with van der Waals surface area (Å²) in [5.74, 6) is -0.841. The summed E-state index contributed by atoms with van der Waals surface area (Å²) in [5, 5.41) is 5.51. The molecule has 9 heteroatoms. The molecule has 0 aromatic heterocycles. The van der Waals surface area contributed by atoms with E-state index >= 15 is 0 Å². The van der Waals surface area contributed by atoms with E-state index in [-0.39, 0.29) is 18.1 Å². The lowest BCUT2D eigenvalue weighted by Crippen LogP contribution is -3.14. The van der Waals surface area contributed by atoms with Crippen LogP contribution >= 0.6 is 11.6 Å². The molecular weight excluding hydrogens is 395 g/mol. The van der Waals surface area contributed by atoms with Gasteiger partial charge in [0.1, 0.15) is 0 Å². The molecule has 0 radical (unpaired) electrons. The molecule has 0 saturated carbocycles. The van der Waals surface area contributed by atoms with E-state index in [1.807, 2.05) is 0 Å². The summed E-state index contributed by atoms with van der Waals surface area (Å²) in [6, 6.07) is 10.5. The number of carbonyl (C=O) groups is 2. The summed E-state index contributed by atoms with van der Waals surface area (Å²) in [6.45, 7) is 1.56. The van der Waals surface area contributed by atoms with Gasteiger partial charge in [0, 0.05) is 5.69 Å². The van der Waals surface area contributed by atoms with Crippen LogP contribution in [0.25, 0.3) is 0 Å². The predicted octanol–water partition coefficient (Wildman–Crippen LogP) is 2.84. The van der Waals surface area contributed by atoms with E-state index in [1.54, 1.807) is 38.2 Å². The van der Waals surface area contributed by atoms with Crippen LogP contribution in [0.4, 0.5) is 24.5 Å². The Morgan fingerprint density at radius 2 is 1.79 bits per heavy atom. The minimum absolute atomic E-state index is 0.0254. The van der Waals surface area contributed by atoms with Crippen LogP contribution in [0, 0.1) is 0 Å². The van der Waals surface area contributed by atoms with Crippen LogP contribution in [0.5, 0.6) is 0 Å². The molecule has 2 aromatic carbocycles. The van der Waals surface area contributed by atoms with E-state index in [1.165, 1.54) is 12.1 Å².